The van der Waals surface area contributed by atoms with Gasteiger partial charge in [0.25, 0.3) is 0 Å². The van der Waals surface area contributed by atoms with Gasteiger partial charge in [0.05, 0.1) is 22.4 Å². The van der Waals surface area contributed by atoms with Crippen LogP contribution in [0.15, 0.2) is 163 Å². The SMILES string of the molecule is CC1(C)C(c2ccccc2)=Nc2ccc3c4ccccc4n(-c4ccc(-c5ccc6c7ccccc7c7ccccc7c6c5)cc4)c3c21. The average Bonchev–Trinajstić information content (AvgIpc) is 3.62. The number of para-hydroxylation sites is 1. The van der Waals surface area contributed by atoms with Crippen LogP contribution in [0.25, 0.3) is 70.9 Å². The van der Waals surface area contributed by atoms with Crippen molar-refractivity contribution in [3.63, 3.8) is 0 Å². The lowest BCUT2D eigenvalue weighted by atomic mass is 9.78. The van der Waals surface area contributed by atoms with Gasteiger partial charge in [-0.25, -0.2) is 0 Å². The molecule has 0 fully saturated rings. The van der Waals surface area contributed by atoms with E-state index in [0.717, 1.165) is 17.1 Å². The summed E-state index contributed by atoms with van der Waals surface area (Å²) < 4.78 is 2.46. The van der Waals surface area contributed by atoms with Gasteiger partial charge in [-0.2, -0.15) is 0 Å². The lowest BCUT2D eigenvalue weighted by molar-refractivity contribution is 0.741. The monoisotopic (exact) mass is 612 g/mol. The summed E-state index contributed by atoms with van der Waals surface area (Å²) in [6.45, 7) is 4.64. The van der Waals surface area contributed by atoms with Gasteiger partial charge >= 0.3 is 0 Å². The van der Waals surface area contributed by atoms with Crippen molar-refractivity contribution < 1.29 is 0 Å². The fraction of sp³-hybridized carbons (Fsp3) is 0.0652. The molecule has 2 nitrogen and oxygen atoms in total. The molecule has 2 heterocycles. The van der Waals surface area contributed by atoms with Crippen LogP contribution in [0.3, 0.4) is 0 Å². The van der Waals surface area contributed by atoms with Crippen LogP contribution >= 0.6 is 0 Å². The van der Waals surface area contributed by atoms with E-state index in [2.05, 4.69) is 176 Å². The molecule has 1 aromatic heterocycles. The molecule has 1 aliphatic rings. The summed E-state index contributed by atoms with van der Waals surface area (Å²) in [7, 11) is 0. The number of fused-ring (bicyclic) bond motifs is 11. The Morgan fingerprint density at radius 1 is 0.438 bits per heavy atom. The van der Waals surface area contributed by atoms with Crippen molar-refractivity contribution in [2.24, 2.45) is 4.99 Å². The molecular weight excluding hydrogens is 581 g/mol. The lowest BCUT2D eigenvalue weighted by Gasteiger charge is -2.24. The third-order valence-electron chi connectivity index (χ3n) is 10.5. The average molecular weight is 613 g/mol. The molecule has 0 amide bonds. The standard InChI is InChI=1S/C46H32N2/c1-46(2)43-41(47-45(46)30-12-4-3-5-13-30)27-26-39-38-18-10-11-19-42(38)48(44(39)43)32-23-20-29(21-24-32)31-22-25-37-35-16-7-6-14-33(35)34-15-8-9-17-36(34)40(37)28-31/h3-28H,1-2H3. The highest BCUT2D eigenvalue weighted by Gasteiger charge is 2.39. The second-order valence-corrected chi connectivity index (χ2v) is 13.6. The highest BCUT2D eigenvalue weighted by atomic mass is 15.0. The predicted octanol–water partition coefficient (Wildman–Crippen LogP) is 12.3. The van der Waals surface area contributed by atoms with E-state index in [1.807, 2.05) is 0 Å². The summed E-state index contributed by atoms with van der Waals surface area (Å²) in [5, 5.41) is 10.3. The topological polar surface area (TPSA) is 17.3 Å². The normalized spacial score (nSPS) is 13.9. The van der Waals surface area contributed by atoms with E-state index in [1.165, 1.54) is 76.4 Å². The molecular formula is C46H32N2. The van der Waals surface area contributed by atoms with Gasteiger partial charge in [-0.05, 0) is 93.2 Å². The Morgan fingerprint density at radius 3 is 1.67 bits per heavy atom. The number of aliphatic imine (C=N–C) groups is 1. The van der Waals surface area contributed by atoms with Gasteiger partial charge in [-0.15, -0.1) is 0 Å². The van der Waals surface area contributed by atoms with Crippen molar-refractivity contribution in [1.82, 2.24) is 4.57 Å². The Balaban J connectivity index is 1.15. The molecule has 0 unspecified atom stereocenters. The first-order chi connectivity index (χ1) is 23.6. The Morgan fingerprint density at radius 2 is 0.979 bits per heavy atom. The first kappa shape index (κ1) is 27.2. The highest BCUT2D eigenvalue weighted by Crippen LogP contribution is 2.48. The second kappa shape index (κ2) is 10.0. The number of hydrogen-bond donors (Lipinski definition) is 0. The van der Waals surface area contributed by atoms with Crippen LogP contribution in [0.2, 0.25) is 0 Å². The molecule has 226 valence electrons. The zero-order valence-corrected chi connectivity index (χ0v) is 26.9. The number of nitrogens with zero attached hydrogens (tertiary/aromatic N) is 2. The first-order valence-corrected chi connectivity index (χ1v) is 16.7. The summed E-state index contributed by atoms with van der Waals surface area (Å²) in [5.41, 5.74) is 10.4. The highest BCUT2D eigenvalue weighted by molar-refractivity contribution is 6.26. The molecule has 9 aromatic rings. The van der Waals surface area contributed by atoms with Gasteiger partial charge in [0.15, 0.2) is 0 Å². The quantitative estimate of drug-likeness (QED) is 0.177. The molecule has 8 aromatic carbocycles. The maximum Gasteiger partial charge on any atom is 0.0696 e. The molecule has 0 radical (unpaired) electrons. The van der Waals surface area contributed by atoms with Gasteiger partial charge in [0.2, 0.25) is 0 Å². The summed E-state index contributed by atoms with van der Waals surface area (Å²) >= 11 is 0. The fourth-order valence-electron chi connectivity index (χ4n) is 8.31. The zero-order chi connectivity index (χ0) is 32.0. The van der Waals surface area contributed by atoms with E-state index in [-0.39, 0.29) is 5.41 Å². The molecule has 2 heteroatoms. The number of rotatable bonds is 3. The summed E-state index contributed by atoms with van der Waals surface area (Å²) in [5.74, 6) is 0. The van der Waals surface area contributed by atoms with E-state index < -0.39 is 0 Å². The van der Waals surface area contributed by atoms with Crippen LogP contribution in [0, 0.1) is 0 Å². The first-order valence-electron chi connectivity index (χ1n) is 16.7. The van der Waals surface area contributed by atoms with Gasteiger partial charge in [-0.3, -0.25) is 4.99 Å². The van der Waals surface area contributed by atoms with E-state index in [9.17, 15) is 0 Å². The van der Waals surface area contributed by atoms with Gasteiger partial charge in [0.1, 0.15) is 0 Å². The van der Waals surface area contributed by atoms with Crippen molar-refractivity contribution >= 4 is 65.5 Å². The molecule has 0 aliphatic carbocycles. The Labute approximate surface area is 279 Å². The zero-order valence-electron chi connectivity index (χ0n) is 26.9. The Hall–Kier alpha value is -5.99. The summed E-state index contributed by atoms with van der Waals surface area (Å²) in [6, 6.07) is 57.5. The summed E-state index contributed by atoms with van der Waals surface area (Å²) in [6.07, 6.45) is 0. The molecule has 0 spiro atoms. The van der Waals surface area contributed by atoms with Crippen LogP contribution in [0.4, 0.5) is 5.69 Å². The van der Waals surface area contributed by atoms with Crippen molar-refractivity contribution in [3.8, 4) is 16.8 Å². The number of benzene rings is 8. The lowest BCUT2D eigenvalue weighted by Crippen LogP contribution is -2.27. The molecule has 0 N–H and O–H groups in total. The summed E-state index contributed by atoms with van der Waals surface area (Å²) in [4.78, 5) is 5.25. The van der Waals surface area contributed by atoms with E-state index >= 15 is 0 Å². The van der Waals surface area contributed by atoms with Gasteiger partial charge in [-0.1, -0.05) is 127 Å². The largest absolute Gasteiger partial charge is 0.309 e. The number of hydrogen-bond acceptors (Lipinski definition) is 1. The van der Waals surface area contributed by atoms with Crippen LogP contribution in [0.1, 0.15) is 25.0 Å². The third kappa shape index (κ3) is 3.77. The molecule has 0 saturated heterocycles. The van der Waals surface area contributed by atoms with Gasteiger partial charge < -0.3 is 4.57 Å². The van der Waals surface area contributed by atoms with Crippen LogP contribution < -0.4 is 0 Å². The van der Waals surface area contributed by atoms with E-state index in [0.29, 0.717) is 0 Å². The minimum absolute atomic E-state index is 0.264. The second-order valence-electron chi connectivity index (χ2n) is 13.6. The minimum Gasteiger partial charge on any atom is -0.309 e. The van der Waals surface area contributed by atoms with Crippen molar-refractivity contribution in [2.75, 3.05) is 0 Å². The molecule has 0 saturated carbocycles. The minimum atomic E-state index is -0.264. The van der Waals surface area contributed by atoms with E-state index in [1.54, 1.807) is 0 Å². The van der Waals surface area contributed by atoms with Crippen LogP contribution in [0.5, 0.6) is 0 Å². The van der Waals surface area contributed by atoms with E-state index in [4.69, 9.17) is 4.99 Å². The maximum atomic E-state index is 5.25. The van der Waals surface area contributed by atoms with Crippen LogP contribution in [-0.2, 0) is 5.41 Å². The van der Waals surface area contributed by atoms with Crippen molar-refractivity contribution in [3.05, 3.63) is 169 Å². The molecule has 0 atom stereocenters. The predicted molar refractivity (Wildman–Crippen MR) is 204 cm³/mol. The molecule has 0 bridgehead atoms. The molecule has 1 aliphatic heterocycles. The van der Waals surface area contributed by atoms with Gasteiger partial charge in [0, 0.05) is 27.4 Å². The maximum absolute atomic E-state index is 5.25. The van der Waals surface area contributed by atoms with Crippen LogP contribution in [-0.4, -0.2) is 10.3 Å². The molecule has 10 rings (SSSR count). The molecule has 48 heavy (non-hydrogen) atoms. The fourth-order valence-corrected chi connectivity index (χ4v) is 8.31. The van der Waals surface area contributed by atoms with Crippen molar-refractivity contribution in [2.45, 2.75) is 19.3 Å². The Kier molecular flexibility index (Phi) is 5.66. The van der Waals surface area contributed by atoms with Crippen molar-refractivity contribution in [1.29, 1.82) is 0 Å². The smallest absolute Gasteiger partial charge is 0.0696 e. The Bertz CT molecular complexity index is 2740. The third-order valence-corrected chi connectivity index (χ3v) is 10.5. The number of aromatic nitrogens is 1.